The van der Waals surface area contributed by atoms with Crippen molar-refractivity contribution in [1.29, 1.82) is 0 Å². The molecule has 0 radical (unpaired) electrons. The Kier molecular flexibility index (Phi) is 6.37. The number of amides is 1. The van der Waals surface area contributed by atoms with Gasteiger partial charge in [-0.15, -0.1) is 0 Å². The predicted octanol–water partition coefficient (Wildman–Crippen LogP) is 3.50. The van der Waals surface area contributed by atoms with Crippen LogP contribution in [0, 0.1) is 5.82 Å². The Balaban J connectivity index is 1.32. The van der Waals surface area contributed by atoms with Gasteiger partial charge in [-0.1, -0.05) is 22.8 Å². The standard InChI is InChI=1S/C21H25ClFN3O4S/c1-13-11-15(24-21(27)19-12-20(30-25-19)14-5-6-14)7-9-26(13)31(28,29)10-8-16-17(22)3-2-4-18(16)23/h2-4,12-15H,5-11H2,1H3,(H,24,27)/t13-,15-/m0/s1. The molecule has 2 aliphatic rings. The predicted molar refractivity (Wildman–Crippen MR) is 114 cm³/mol. The second-order valence-electron chi connectivity index (χ2n) is 8.31. The van der Waals surface area contributed by atoms with Gasteiger partial charge in [-0.2, -0.15) is 4.31 Å². The highest BCUT2D eigenvalue weighted by Gasteiger charge is 2.35. The lowest BCUT2D eigenvalue weighted by Gasteiger charge is -2.36. The highest BCUT2D eigenvalue weighted by molar-refractivity contribution is 7.89. The molecule has 1 aromatic heterocycles. The van der Waals surface area contributed by atoms with Gasteiger partial charge in [0.2, 0.25) is 10.0 Å². The van der Waals surface area contributed by atoms with Crippen LogP contribution in [0.4, 0.5) is 4.39 Å². The zero-order valence-electron chi connectivity index (χ0n) is 17.2. The van der Waals surface area contributed by atoms with Gasteiger partial charge in [-0.25, -0.2) is 12.8 Å². The summed E-state index contributed by atoms with van der Waals surface area (Å²) in [5.41, 5.74) is 0.465. The molecule has 1 saturated carbocycles. The van der Waals surface area contributed by atoms with E-state index < -0.39 is 15.8 Å². The van der Waals surface area contributed by atoms with Gasteiger partial charge in [0.15, 0.2) is 5.69 Å². The van der Waals surface area contributed by atoms with Crippen molar-refractivity contribution in [2.75, 3.05) is 12.3 Å². The van der Waals surface area contributed by atoms with E-state index >= 15 is 0 Å². The van der Waals surface area contributed by atoms with Crippen molar-refractivity contribution < 1.29 is 22.1 Å². The topological polar surface area (TPSA) is 92.5 Å². The number of hydrogen-bond acceptors (Lipinski definition) is 5. The van der Waals surface area contributed by atoms with Gasteiger partial charge in [0, 0.05) is 41.2 Å². The molecule has 1 aliphatic carbocycles. The van der Waals surface area contributed by atoms with Crippen LogP contribution in [0.3, 0.4) is 0 Å². The second kappa shape index (κ2) is 8.88. The SMILES string of the molecule is C[C@H]1C[C@@H](NC(=O)c2cc(C3CC3)on2)CCN1S(=O)(=O)CCc1c(F)cccc1Cl. The maximum atomic E-state index is 14.0. The Hall–Kier alpha value is -1.97. The summed E-state index contributed by atoms with van der Waals surface area (Å²) in [7, 11) is -3.60. The molecule has 1 N–H and O–H groups in total. The number of piperidine rings is 1. The molecule has 2 heterocycles. The average molecular weight is 470 g/mol. The number of carbonyl (C=O) groups is 1. The average Bonchev–Trinajstić information content (AvgIpc) is 3.44. The van der Waals surface area contributed by atoms with Crippen LogP contribution in [0.15, 0.2) is 28.8 Å². The van der Waals surface area contributed by atoms with Crippen molar-refractivity contribution in [1.82, 2.24) is 14.8 Å². The largest absolute Gasteiger partial charge is 0.360 e. The van der Waals surface area contributed by atoms with Crippen molar-refractivity contribution in [2.45, 2.75) is 57.0 Å². The lowest BCUT2D eigenvalue weighted by atomic mass is 10.0. The third kappa shape index (κ3) is 5.10. The Morgan fingerprint density at radius 2 is 2.13 bits per heavy atom. The summed E-state index contributed by atoms with van der Waals surface area (Å²) in [4.78, 5) is 12.5. The Bertz CT molecular complexity index is 1050. The molecule has 0 spiro atoms. The Morgan fingerprint density at radius 1 is 1.35 bits per heavy atom. The normalized spacial score (nSPS) is 22.4. The van der Waals surface area contributed by atoms with E-state index in [0.29, 0.717) is 18.8 Å². The summed E-state index contributed by atoms with van der Waals surface area (Å²) >= 11 is 6.01. The van der Waals surface area contributed by atoms with Gasteiger partial charge in [0.25, 0.3) is 5.91 Å². The third-order valence-electron chi connectivity index (χ3n) is 5.92. The van der Waals surface area contributed by atoms with Crippen LogP contribution >= 0.6 is 11.6 Å². The molecule has 2 aromatic rings. The fourth-order valence-electron chi connectivity index (χ4n) is 4.03. The first-order valence-corrected chi connectivity index (χ1v) is 12.4. The summed E-state index contributed by atoms with van der Waals surface area (Å²) in [6.07, 6.45) is 3.10. The minimum absolute atomic E-state index is 0.00666. The molecule has 1 saturated heterocycles. The quantitative estimate of drug-likeness (QED) is 0.670. The molecule has 10 heteroatoms. The Labute approximate surface area is 186 Å². The minimum atomic E-state index is -3.60. The van der Waals surface area contributed by atoms with E-state index in [4.69, 9.17) is 16.1 Å². The number of sulfonamides is 1. The number of hydrogen-bond donors (Lipinski definition) is 1. The van der Waals surface area contributed by atoms with Crippen molar-refractivity contribution in [3.63, 3.8) is 0 Å². The molecule has 0 bridgehead atoms. The summed E-state index contributed by atoms with van der Waals surface area (Å²) in [5, 5.41) is 7.01. The van der Waals surface area contributed by atoms with Crippen LogP contribution in [0.25, 0.3) is 0 Å². The van der Waals surface area contributed by atoms with Crippen molar-refractivity contribution in [2.24, 2.45) is 0 Å². The van der Waals surface area contributed by atoms with Crippen LogP contribution in [0.1, 0.15) is 60.3 Å². The molecular formula is C21H25ClFN3O4S. The van der Waals surface area contributed by atoms with Gasteiger partial charge >= 0.3 is 0 Å². The zero-order valence-corrected chi connectivity index (χ0v) is 18.8. The fraction of sp³-hybridized carbons (Fsp3) is 0.524. The van der Waals surface area contributed by atoms with Gasteiger partial charge in [-0.3, -0.25) is 4.79 Å². The monoisotopic (exact) mass is 469 g/mol. The maximum Gasteiger partial charge on any atom is 0.273 e. The Morgan fingerprint density at radius 3 is 2.81 bits per heavy atom. The first-order valence-electron chi connectivity index (χ1n) is 10.4. The molecule has 1 amide bonds. The van der Waals surface area contributed by atoms with Crippen molar-refractivity contribution >= 4 is 27.5 Å². The number of rotatable bonds is 7. The number of halogens is 2. The smallest absolute Gasteiger partial charge is 0.273 e. The fourth-order valence-corrected chi connectivity index (χ4v) is 6.00. The van der Waals surface area contributed by atoms with Crippen LogP contribution in [0.2, 0.25) is 5.02 Å². The molecule has 1 aliphatic heterocycles. The summed E-state index contributed by atoms with van der Waals surface area (Å²) < 4.78 is 46.4. The highest BCUT2D eigenvalue weighted by Crippen LogP contribution is 2.40. The number of nitrogens with one attached hydrogen (secondary N) is 1. The van der Waals surface area contributed by atoms with Gasteiger partial charge < -0.3 is 9.84 Å². The lowest BCUT2D eigenvalue weighted by Crippen LogP contribution is -2.51. The second-order valence-corrected chi connectivity index (χ2v) is 10.8. The summed E-state index contributed by atoms with van der Waals surface area (Å²) in [5.74, 6) is 0.0853. The van der Waals surface area contributed by atoms with Gasteiger partial charge in [0.05, 0.1) is 5.75 Å². The summed E-state index contributed by atoms with van der Waals surface area (Å²) in [6.45, 7) is 2.10. The molecular weight excluding hydrogens is 445 g/mol. The molecule has 31 heavy (non-hydrogen) atoms. The molecule has 0 unspecified atom stereocenters. The lowest BCUT2D eigenvalue weighted by molar-refractivity contribution is 0.0905. The zero-order chi connectivity index (χ0) is 22.2. The van der Waals surface area contributed by atoms with E-state index in [0.717, 1.165) is 18.6 Å². The summed E-state index contributed by atoms with van der Waals surface area (Å²) in [6, 6.07) is 5.54. The van der Waals surface area contributed by atoms with Crippen LogP contribution in [-0.2, 0) is 16.4 Å². The molecule has 1 aromatic carbocycles. The first-order chi connectivity index (χ1) is 14.7. The number of carbonyl (C=O) groups excluding carboxylic acids is 1. The maximum absolute atomic E-state index is 14.0. The number of aromatic nitrogens is 1. The highest BCUT2D eigenvalue weighted by atomic mass is 35.5. The van der Waals surface area contributed by atoms with E-state index in [2.05, 4.69) is 10.5 Å². The molecule has 4 rings (SSSR count). The van der Waals surface area contributed by atoms with Crippen LogP contribution < -0.4 is 5.32 Å². The van der Waals surface area contributed by atoms with E-state index in [9.17, 15) is 17.6 Å². The van der Waals surface area contributed by atoms with Crippen molar-refractivity contribution in [3.05, 3.63) is 52.1 Å². The van der Waals surface area contributed by atoms with E-state index in [1.54, 1.807) is 12.1 Å². The van der Waals surface area contributed by atoms with E-state index in [1.807, 2.05) is 6.92 Å². The minimum Gasteiger partial charge on any atom is -0.360 e. The third-order valence-corrected chi connectivity index (χ3v) is 8.25. The molecule has 2 atom stereocenters. The molecule has 2 fully saturated rings. The van der Waals surface area contributed by atoms with Gasteiger partial charge in [-0.05, 0) is 51.2 Å². The van der Waals surface area contributed by atoms with Crippen LogP contribution in [-0.4, -0.2) is 48.2 Å². The number of benzene rings is 1. The van der Waals surface area contributed by atoms with Gasteiger partial charge in [0.1, 0.15) is 11.6 Å². The van der Waals surface area contributed by atoms with E-state index in [-0.39, 0.29) is 53.0 Å². The van der Waals surface area contributed by atoms with E-state index in [1.165, 1.54) is 16.4 Å². The van der Waals surface area contributed by atoms with Crippen molar-refractivity contribution in [3.8, 4) is 0 Å². The van der Waals surface area contributed by atoms with Crippen LogP contribution in [0.5, 0.6) is 0 Å². The molecule has 168 valence electrons. The number of nitrogens with zero attached hydrogens (tertiary/aromatic N) is 2. The molecule has 7 nitrogen and oxygen atoms in total. The first kappa shape index (κ1) is 22.2.